The molecule has 2 aromatic carbocycles. The van der Waals surface area contributed by atoms with Gasteiger partial charge in [0.05, 0.1) is 23.0 Å². The number of rotatable bonds is 11. The van der Waals surface area contributed by atoms with E-state index in [9.17, 15) is 4.79 Å². The molecule has 8 rings (SSSR count). The number of amides is 1. The molecule has 6 heterocycles. The number of carbonyl (C=O) groups excluding carboxylic acids is 1. The van der Waals surface area contributed by atoms with E-state index in [1.165, 1.54) is 11.1 Å². The first-order valence-corrected chi connectivity index (χ1v) is 26.0. The molecule has 3 unspecified atom stereocenters. The van der Waals surface area contributed by atoms with Crippen LogP contribution in [0.2, 0.25) is 16.6 Å². The lowest BCUT2D eigenvalue weighted by molar-refractivity contribution is 0.0122. The highest BCUT2D eigenvalue weighted by Crippen LogP contribution is 2.45. The molecule has 4 aromatic rings. The van der Waals surface area contributed by atoms with Gasteiger partial charge in [0.15, 0.2) is 12.6 Å². The van der Waals surface area contributed by atoms with Gasteiger partial charge in [-0.15, -0.1) is 5.54 Å². The van der Waals surface area contributed by atoms with Crippen molar-refractivity contribution in [3.63, 3.8) is 0 Å². The molecule has 11 nitrogen and oxygen atoms in total. The predicted octanol–water partition coefficient (Wildman–Crippen LogP) is 11.1. The molecule has 4 aliphatic heterocycles. The lowest BCUT2D eigenvalue weighted by atomic mass is 9.92. The Morgan fingerprint density at radius 1 is 1.00 bits per heavy atom. The Bertz CT molecular complexity index is 2520. The van der Waals surface area contributed by atoms with Crippen molar-refractivity contribution in [3.05, 3.63) is 59.1 Å². The smallest absolute Gasteiger partial charge is 0.410 e. The molecule has 4 fully saturated rings. The SMILES string of the molecule is COCOc1cc(-c2ncc3c(N4CC5CCC(C4)N5C(=O)OC(C)(C)C)nc(OCC45CCCN4CC(=C(C)C)C5)nc3c2F)c2c(C#C[Si](C(C)C)(C(C)C)C(C)C)cccc2c1. The maximum Gasteiger partial charge on any atom is 0.410 e. The van der Waals surface area contributed by atoms with Crippen LogP contribution in [-0.4, -0.2) is 109 Å². The monoisotopic (exact) mass is 905 g/mol. The third-order valence-corrected chi connectivity index (χ3v) is 21.0. The molecule has 13 heteroatoms. The number of pyridine rings is 1. The van der Waals surface area contributed by atoms with Crippen LogP contribution >= 0.6 is 0 Å². The molecular weight excluding hydrogens is 836 g/mol. The summed E-state index contributed by atoms with van der Waals surface area (Å²) in [7, 11) is -0.549. The van der Waals surface area contributed by atoms with E-state index in [-0.39, 0.29) is 47.7 Å². The van der Waals surface area contributed by atoms with Crippen LogP contribution in [0.5, 0.6) is 11.8 Å². The average Bonchev–Trinajstić information content (AvgIpc) is 3.89. The standard InChI is InChI=1S/C52H69FN6O5Si/c1-32(2)38-25-52(20-14-21-58(52)27-38)30-62-49-55-47-43(48(56-49)57-28-39-17-18-40(29-57)59(39)50(60)64-51(9,10)11)26-54-46(45(47)53)42-24-41(63-31-61-12)23-37-16-13-15-36(44(37)42)19-22-65(33(3)4,34(5)6)35(7)8/h13,15-16,23-24,26,33-35,39-40H,14,17-18,20-21,25,27-31H2,1-12H3. The summed E-state index contributed by atoms with van der Waals surface area (Å²) in [5, 5.41) is 2.13. The molecule has 4 saturated heterocycles. The second kappa shape index (κ2) is 18.1. The topological polar surface area (TPSA) is 102 Å². The number of ether oxygens (including phenoxy) is 4. The molecular formula is C52H69FN6O5Si. The summed E-state index contributed by atoms with van der Waals surface area (Å²) >= 11 is 0. The van der Waals surface area contributed by atoms with Gasteiger partial charge in [-0.05, 0) is 113 Å². The van der Waals surface area contributed by atoms with Crippen molar-refractivity contribution in [1.82, 2.24) is 24.8 Å². The Morgan fingerprint density at radius 2 is 1.71 bits per heavy atom. The van der Waals surface area contributed by atoms with E-state index in [2.05, 4.69) is 76.7 Å². The van der Waals surface area contributed by atoms with Crippen LogP contribution in [0.4, 0.5) is 15.0 Å². The highest BCUT2D eigenvalue weighted by Gasteiger charge is 2.48. The second-order valence-electron chi connectivity index (χ2n) is 21.1. The molecule has 0 aliphatic carbocycles. The van der Waals surface area contributed by atoms with Crippen LogP contribution in [0.1, 0.15) is 114 Å². The molecule has 348 valence electrons. The largest absolute Gasteiger partial charge is 0.468 e. The molecule has 2 aromatic heterocycles. The molecule has 1 amide bonds. The first-order chi connectivity index (χ1) is 30.9. The second-order valence-corrected chi connectivity index (χ2v) is 26.7. The normalized spacial score (nSPS) is 21.2. The third kappa shape index (κ3) is 8.83. The zero-order valence-electron chi connectivity index (χ0n) is 40.7. The molecule has 3 atom stereocenters. The van der Waals surface area contributed by atoms with Gasteiger partial charge in [0, 0.05) is 49.5 Å². The summed E-state index contributed by atoms with van der Waals surface area (Å²) in [6.07, 6.45) is 6.11. The van der Waals surface area contributed by atoms with E-state index >= 15 is 4.39 Å². The average molecular weight is 905 g/mol. The fraction of sp³-hybridized carbons (Fsp3) is 0.577. The molecule has 4 aliphatic rings. The molecule has 65 heavy (non-hydrogen) atoms. The quantitative estimate of drug-likeness (QED) is 0.0626. The summed E-state index contributed by atoms with van der Waals surface area (Å²) in [4.78, 5) is 35.0. The minimum atomic E-state index is -2.12. The van der Waals surface area contributed by atoms with Crippen LogP contribution < -0.4 is 14.4 Å². The van der Waals surface area contributed by atoms with Crippen LogP contribution in [0.15, 0.2) is 47.7 Å². The summed E-state index contributed by atoms with van der Waals surface area (Å²) in [6, 6.07) is 9.77. The van der Waals surface area contributed by atoms with Crippen molar-refractivity contribution in [2.45, 2.75) is 148 Å². The number of hydrogen-bond donors (Lipinski definition) is 0. The Kier molecular flexibility index (Phi) is 13.0. The van der Waals surface area contributed by atoms with Gasteiger partial charge in [0.2, 0.25) is 0 Å². The lowest BCUT2D eigenvalue weighted by Gasteiger charge is -2.42. The number of allylic oxidation sites excluding steroid dienone is 1. The van der Waals surface area contributed by atoms with Gasteiger partial charge in [-0.1, -0.05) is 70.7 Å². The van der Waals surface area contributed by atoms with Crippen LogP contribution in [0.3, 0.4) is 0 Å². The number of anilines is 1. The summed E-state index contributed by atoms with van der Waals surface area (Å²) in [6.45, 7) is 27.3. The van der Waals surface area contributed by atoms with E-state index in [1.807, 2.05) is 56.0 Å². The maximum atomic E-state index is 18.0. The fourth-order valence-electron chi connectivity index (χ4n) is 11.6. The van der Waals surface area contributed by atoms with Gasteiger partial charge < -0.3 is 23.8 Å². The van der Waals surface area contributed by atoms with E-state index < -0.39 is 19.5 Å². The summed E-state index contributed by atoms with van der Waals surface area (Å²) in [5.74, 6) is 4.16. The number of piperazine rings is 1. The van der Waals surface area contributed by atoms with Gasteiger partial charge in [0.1, 0.15) is 43.1 Å². The first kappa shape index (κ1) is 46.7. The number of fused-ring (bicyclic) bond motifs is 5. The number of methoxy groups -OCH3 is 1. The molecule has 0 spiro atoms. The summed E-state index contributed by atoms with van der Waals surface area (Å²) < 4.78 is 41.9. The molecule has 0 N–H and O–H groups in total. The predicted molar refractivity (Wildman–Crippen MR) is 260 cm³/mol. The van der Waals surface area contributed by atoms with Crippen LogP contribution in [0, 0.1) is 17.3 Å². The fourth-order valence-corrected chi connectivity index (χ4v) is 16.8. The number of aromatic nitrogens is 3. The summed E-state index contributed by atoms with van der Waals surface area (Å²) in [5.41, 5.74) is 8.88. The van der Waals surface area contributed by atoms with Crippen molar-refractivity contribution >= 4 is 41.7 Å². The molecule has 2 bridgehead atoms. The lowest BCUT2D eigenvalue weighted by Crippen LogP contribution is -2.57. The van der Waals surface area contributed by atoms with Gasteiger partial charge in [-0.25, -0.2) is 9.18 Å². The van der Waals surface area contributed by atoms with E-state index in [1.54, 1.807) is 13.3 Å². The Balaban J connectivity index is 1.27. The van der Waals surface area contributed by atoms with Gasteiger partial charge in [-0.2, -0.15) is 9.97 Å². The van der Waals surface area contributed by atoms with Crippen molar-refractivity contribution in [2.24, 2.45) is 0 Å². The molecule has 0 saturated carbocycles. The van der Waals surface area contributed by atoms with E-state index in [0.717, 1.165) is 61.5 Å². The number of benzene rings is 2. The van der Waals surface area contributed by atoms with Crippen molar-refractivity contribution in [3.8, 4) is 34.5 Å². The highest BCUT2D eigenvalue weighted by atomic mass is 28.3. The Labute approximate surface area is 386 Å². The van der Waals surface area contributed by atoms with Crippen molar-refractivity contribution < 1.29 is 28.1 Å². The number of nitrogens with zero attached hydrogens (tertiary/aromatic N) is 6. The van der Waals surface area contributed by atoms with Gasteiger partial charge >= 0.3 is 12.1 Å². The van der Waals surface area contributed by atoms with Crippen molar-refractivity contribution in [1.29, 1.82) is 0 Å². The number of carbonyl (C=O) groups is 1. The van der Waals surface area contributed by atoms with Gasteiger partial charge in [-0.3, -0.25) is 14.8 Å². The zero-order chi connectivity index (χ0) is 46.6. The minimum Gasteiger partial charge on any atom is -0.468 e. The van der Waals surface area contributed by atoms with Crippen molar-refractivity contribution in [2.75, 3.05) is 51.6 Å². The maximum absolute atomic E-state index is 18.0. The minimum absolute atomic E-state index is 0.0256. The first-order valence-electron chi connectivity index (χ1n) is 23.7. The van der Waals surface area contributed by atoms with Crippen LogP contribution in [-0.2, 0) is 9.47 Å². The van der Waals surface area contributed by atoms with Crippen LogP contribution in [0.25, 0.3) is 32.9 Å². The molecule has 0 radical (unpaired) electrons. The van der Waals surface area contributed by atoms with Gasteiger partial charge in [0.25, 0.3) is 0 Å². The van der Waals surface area contributed by atoms with E-state index in [4.69, 9.17) is 33.9 Å². The Hall–Kier alpha value is -4.77. The number of hydrogen-bond acceptors (Lipinski definition) is 10. The highest BCUT2D eigenvalue weighted by molar-refractivity contribution is 6.90. The van der Waals surface area contributed by atoms with E-state index in [0.29, 0.717) is 58.8 Å². The Morgan fingerprint density at radius 3 is 2.35 bits per heavy atom. The zero-order valence-corrected chi connectivity index (χ0v) is 41.7. The number of halogens is 1. The third-order valence-electron chi connectivity index (χ3n) is 14.7.